The van der Waals surface area contributed by atoms with Crippen LogP contribution in [0.2, 0.25) is 0 Å². The molecule has 0 bridgehead atoms. The first-order valence-corrected chi connectivity index (χ1v) is 7.79. The lowest BCUT2D eigenvalue weighted by molar-refractivity contribution is -0.145. The van der Waals surface area contributed by atoms with Crippen LogP contribution in [0, 0.1) is 0 Å². The summed E-state index contributed by atoms with van der Waals surface area (Å²) in [6.45, 7) is 5.28. The molecule has 1 aromatic rings. The quantitative estimate of drug-likeness (QED) is 0.887. The number of amides is 1. The van der Waals surface area contributed by atoms with Gasteiger partial charge in [0.15, 0.2) is 0 Å². The predicted octanol–water partition coefficient (Wildman–Crippen LogP) is 3.11. The normalized spacial score (nSPS) is 17.3. The van der Waals surface area contributed by atoms with Gasteiger partial charge in [-0.2, -0.15) is 0 Å². The minimum absolute atomic E-state index is 0.0966. The molecule has 0 unspecified atom stereocenters. The van der Waals surface area contributed by atoms with E-state index in [4.69, 9.17) is 4.74 Å². The molecule has 1 aromatic heterocycles. The number of ether oxygens (including phenoxy) is 1. The summed E-state index contributed by atoms with van der Waals surface area (Å²) < 4.78 is 5.12. The highest BCUT2D eigenvalue weighted by atomic mass is 16.6. The van der Waals surface area contributed by atoms with Crippen molar-refractivity contribution in [1.29, 1.82) is 0 Å². The van der Waals surface area contributed by atoms with Gasteiger partial charge in [0.05, 0.1) is 5.41 Å². The topological polar surface area (TPSA) is 101 Å². The highest BCUT2D eigenvalue weighted by molar-refractivity contribution is 5.83. The smallest absolute Gasteiger partial charge is 0.414 e. The number of anilines is 1. The first-order chi connectivity index (χ1) is 10.7. The third-order valence-electron chi connectivity index (χ3n) is 3.93. The maximum atomic E-state index is 11.8. The van der Waals surface area contributed by atoms with Crippen molar-refractivity contribution in [1.82, 2.24) is 9.97 Å². The summed E-state index contributed by atoms with van der Waals surface area (Å²) in [5.74, 6) is -0.743. The van der Waals surface area contributed by atoms with Crippen molar-refractivity contribution in [2.24, 2.45) is 0 Å². The maximum Gasteiger partial charge on any atom is 0.414 e. The van der Waals surface area contributed by atoms with Crippen LogP contribution in [0.15, 0.2) is 12.4 Å². The zero-order chi connectivity index (χ0) is 17.1. The summed E-state index contributed by atoms with van der Waals surface area (Å²) in [6.07, 6.45) is 6.31. The highest BCUT2D eigenvalue weighted by Crippen LogP contribution is 2.39. The van der Waals surface area contributed by atoms with Crippen molar-refractivity contribution in [2.75, 3.05) is 5.32 Å². The SMILES string of the molecule is CC(C)(C)OC(=O)Nc1ncc(C2(C(=O)O)CCCCC2)cn1. The van der Waals surface area contributed by atoms with E-state index in [-0.39, 0.29) is 5.95 Å². The van der Waals surface area contributed by atoms with Gasteiger partial charge < -0.3 is 9.84 Å². The Morgan fingerprint density at radius 3 is 2.22 bits per heavy atom. The first kappa shape index (κ1) is 17.2. The molecule has 0 aromatic carbocycles. The maximum absolute atomic E-state index is 11.8. The first-order valence-electron chi connectivity index (χ1n) is 7.79. The molecule has 1 fully saturated rings. The van der Waals surface area contributed by atoms with Crippen LogP contribution in [0.1, 0.15) is 58.4 Å². The van der Waals surface area contributed by atoms with E-state index in [1.54, 1.807) is 20.8 Å². The minimum Gasteiger partial charge on any atom is -0.481 e. The summed E-state index contributed by atoms with van der Waals surface area (Å²) in [6, 6.07) is 0. The van der Waals surface area contributed by atoms with Crippen LogP contribution in [0.25, 0.3) is 0 Å². The number of hydrogen-bond donors (Lipinski definition) is 2. The molecule has 1 aliphatic carbocycles. The van der Waals surface area contributed by atoms with E-state index in [9.17, 15) is 14.7 Å². The Hall–Kier alpha value is -2.18. The largest absolute Gasteiger partial charge is 0.481 e. The molecule has 126 valence electrons. The van der Waals surface area contributed by atoms with Crippen molar-refractivity contribution in [3.05, 3.63) is 18.0 Å². The Balaban J connectivity index is 2.12. The highest BCUT2D eigenvalue weighted by Gasteiger charge is 2.41. The molecule has 1 amide bonds. The number of rotatable bonds is 3. The van der Waals surface area contributed by atoms with Gasteiger partial charge in [0.25, 0.3) is 0 Å². The van der Waals surface area contributed by atoms with Gasteiger partial charge in [0.2, 0.25) is 5.95 Å². The number of aliphatic carboxylic acids is 1. The molecule has 0 aliphatic heterocycles. The van der Waals surface area contributed by atoms with Gasteiger partial charge in [0.1, 0.15) is 5.60 Å². The molecular weight excluding hydrogens is 298 g/mol. The predicted molar refractivity (Wildman–Crippen MR) is 84.3 cm³/mol. The third kappa shape index (κ3) is 4.18. The zero-order valence-electron chi connectivity index (χ0n) is 13.8. The van der Waals surface area contributed by atoms with Gasteiger partial charge in [-0.25, -0.2) is 14.8 Å². The summed E-state index contributed by atoms with van der Waals surface area (Å²) in [5.41, 5.74) is -0.943. The van der Waals surface area contributed by atoms with Crippen LogP contribution < -0.4 is 5.32 Å². The molecule has 0 spiro atoms. The lowest BCUT2D eigenvalue weighted by Gasteiger charge is -2.33. The van der Waals surface area contributed by atoms with E-state index in [1.165, 1.54) is 12.4 Å². The molecular formula is C16H23N3O4. The van der Waals surface area contributed by atoms with Gasteiger partial charge in [-0.05, 0) is 33.6 Å². The fraction of sp³-hybridized carbons (Fsp3) is 0.625. The lowest BCUT2D eigenvalue weighted by atomic mass is 9.70. The van der Waals surface area contributed by atoms with Gasteiger partial charge in [0, 0.05) is 18.0 Å². The molecule has 1 aliphatic rings. The molecule has 1 heterocycles. The Morgan fingerprint density at radius 1 is 1.17 bits per heavy atom. The number of carboxylic acid groups (broad SMARTS) is 1. The fourth-order valence-electron chi connectivity index (χ4n) is 2.82. The third-order valence-corrected chi connectivity index (χ3v) is 3.93. The van der Waals surface area contributed by atoms with Crippen LogP contribution in [0.5, 0.6) is 0 Å². The number of hydrogen-bond acceptors (Lipinski definition) is 5. The monoisotopic (exact) mass is 321 g/mol. The van der Waals surface area contributed by atoms with E-state index in [2.05, 4.69) is 15.3 Å². The van der Waals surface area contributed by atoms with Crippen molar-refractivity contribution < 1.29 is 19.4 Å². The molecule has 23 heavy (non-hydrogen) atoms. The van der Waals surface area contributed by atoms with Crippen molar-refractivity contribution in [3.8, 4) is 0 Å². The summed E-state index contributed by atoms with van der Waals surface area (Å²) in [4.78, 5) is 31.6. The fourth-order valence-corrected chi connectivity index (χ4v) is 2.82. The Morgan fingerprint density at radius 2 is 1.74 bits per heavy atom. The van der Waals surface area contributed by atoms with Gasteiger partial charge >= 0.3 is 12.1 Å². The van der Waals surface area contributed by atoms with Crippen LogP contribution >= 0.6 is 0 Å². The van der Waals surface area contributed by atoms with Crippen molar-refractivity contribution in [3.63, 3.8) is 0 Å². The van der Waals surface area contributed by atoms with E-state index in [0.29, 0.717) is 18.4 Å². The van der Waals surface area contributed by atoms with Crippen molar-refractivity contribution in [2.45, 2.75) is 63.9 Å². The van der Waals surface area contributed by atoms with E-state index in [1.807, 2.05) is 0 Å². The molecule has 0 saturated heterocycles. The molecule has 7 heteroatoms. The second-order valence-corrected chi connectivity index (χ2v) is 6.87. The van der Waals surface area contributed by atoms with Crippen LogP contribution in [-0.4, -0.2) is 32.7 Å². The number of carbonyl (C=O) groups excluding carboxylic acids is 1. The van der Waals surface area contributed by atoms with E-state index >= 15 is 0 Å². The number of carbonyl (C=O) groups is 2. The Kier molecular flexibility index (Phi) is 4.87. The molecule has 7 nitrogen and oxygen atoms in total. The molecule has 0 atom stereocenters. The molecule has 1 saturated carbocycles. The van der Waals surface area contributed by atoms with Gasteiger partial charge in [-0.15, -0.1) is 0 Å². The summed E-state index contributed by atoms with van der Waals surface area (Å²) in [5, 5.41) is 12.1. The van der Waals surface area contributed by atoms with E-state index < -0.39 is 23.1 Å². The van der Waals surface area contributed by atoms with Crippen LogP contribution in [0.3, 0.4) is 0 Å². The molecule has 0 radical (unpaired) electrons. The van der Waals surface area contributed by atoms with Crippen LogP contribution in [0.4, 0.5) is 10.7 Å². The molecule has 2 N–H and O–H groups in total. The number of nitrogens with one attached hydrogen (secondary N) is 1. The average Bonchev–Trinajstić information content (AvgIpc) is 2.46. The standard InChI is InChI=1S/C16H23N3O4/c1-15(2,3)23-14(22)19-13-17-9-11(10-18-13)16(12(20)21)7-5-4-6-8-16/h9-10H,4-8H2,1-3H3,(H,20,21)(H,17,18,19,22). The van der Waals surface area contributed by atoms with Gasteiger partial charge in [-0.1, -0.05) is 19.3 Å². The molecule has 2 rings (SSSR count). The van der Waals surface area contributed by atoms with Gasteiger partial charge in [-0.3, -0.25) is 10.1 Å². The average molecular weight is 321 g/mol. The van der Waals surface area contributed by atoms with Crippen molar-refractivity contribution >= 4 is 18.0 Å². The second kappa shape index (κ2) is 6.52. The zero-order valence-corrected chi connectivity index (χ0v) is 13.8. The summed E-state index contributed by atoms with van der Waals surface area (Å²) in [7, 11) is 0. The Bertz CT molecular complexity index is 572. The second-order valence-electron chi connectivity index (χ2n) is 6.87. The lowest BCUT2D eigenvalue weighted by Crippen LogP contribution is -2.38. The minimum atomic E-state index is -0.914. The number of aromatic nitrogens is 2. The summed E-state index contributed by atoms with van der Waals surface area (Å²) >= 11 is 0. The number of carboxylic acids is 1. The number of nitrogens with zero attached hydrogens (tertiary/aromatic N) is 2. The Labute approximate surface area is 135 Å². The van der Waals surface area contributed by atoms with E-state index in [0.717, 1.165) is 19.3 Å². The van der Waals surface area contributed by atoms with Crippen LogP contribution in [-0.2, 0) is 14.9 Å².